The Labute approximate surface area is 289 Å². The molecule has 0 aliphatic carbocycles. The minimum absolute atomic E-state index is 0.146. The number of aromatic nitrogens is 4. The number of rotatable bonds is 9. The summed E-state index contributed by atoms with van der Waals surface area (Å²) in [6, 6.07) is 28.4. The molecule has 7 nitrogen and oxygen atoms in total. The fourth-order valence-corrected chi connectivity index (χ4v) is 6.63. The zero-order chi connectivity index (χ0) is 32.5. The van der Waals surface area contributed by atoms with E-state index in [0.717, 1.165) is 54.2 Å². The van der Waals surface area contributed by atoms with Gasteiger partial charge in [0.25, 0.3) is 0 Å². The normalized spacial score (nSPS) is 11.2. The van der Waals surface area contributed by atoms with Crippen molar-refractivity contribution in [3.63, 3.8) is 0 Å². The van der Waals surface area contributed by atoms with Crippen LogP contribution in [0.2, 0.25) is 5.02 Å². The van der Waals surface area contributed by atoms with E-state index in [-0.39, 0.29) is 11.9 Å². The van der Waals surface area contributed by atoms with Crippen molar-refractivity contribution < 1.29 is 9.13 Å². The fraction of sp³-hybridized carbons (Fsp3) is 0.143. The highest BCUT2D eigenvalue weighted by Gasteiger charge is 2.25. The lowest BCUT2D eigenvalue weighted by molar-refractivity contribution is 0.416. The second-order valence-corrected chi connectivity index (χ2v) is 13.0. The van der Waals surface area contributed by atoms with Crippen LogP contribution in [0.3, 0.4) is 0 Å². The molecule has 2 aromatic heterocycles. The van der Waals surface area contributed by atoms with E-state index < -0.39 is 0 Å². The average Bonchev–Trinajstić information content (AvgIpc) is 3.61. The molecule has 0 saturated carbocycles. The van der Waals surface area contributed by atoms with Crippen molar-refractivity contribution in [1.29, 1.82) is 0 Å². The molecule has 0 atom stereocenters. The van der Waals surface area contributed by atoms with Gasteiger partial charge in [-0.25, -0.2) is 14.4 Å². The highest BCUT2D eigenvalue weighted by atomic mass is 79.9. The molecular weight excluding hydrogens is 735 g/mol. The van der Waals surface area contributed by atoms with Crippen molar-refractivity contribution in [2.75, 3.05) is 17.1 Å². The van der Waals surface area contributed by atoms with Crippen LogP contribution in [-0.2, 0) is 7.05 Å². The van der Waals surface area contributed by atoms with E-state index in [1.54, 1.807) is 30.1 Å². The maximum atomic E-state index is 14.3. The molecule has 6 rings (SSSR count). The number of halogens is 4. The van der Waals surface area contributed by atoms with Gasteiger partial charge < -0.3 is 4.74 Å². The number of benzene rings is 4. The predicted octanol–water partition coefficient (Wildman–Crippen LogP) is 10.7. The number of ether oxygens (including phenoxy) is 1. The lowest BCUT2D eigenvalue weighted by Crippen LogP contribution is -2.36. The molecule has 2 heterocycles. The van der Waals surface area contributed by atoms with Crippen molar-refractivity contribution in [3.8, 4) is 28.3 Å². The Kier molecular flexibility index (Phi) is 9.22. The summed E-state index contributed by atoms with van der Waals surface area (Å²) in [5.74, 6) is 0.360. The van der Waals surface area contributed by atoms with Crippen LogP contribution >= 0.6 is 43.5 Å². The number of nitrogens with zero attached hydrogens (tertiary/aromatic N) is 6. The summed E-state index contributed by atoms with van der Waals surface area (Å²) in [6.07, 6.45) is 3.57. The zero-order valence-corrected chi connectivity index (χ0v) is 29.4. The first kappa shape index (κ1) is 31.8. The van der Waals surface area contributed by atoms with Crippen molar-refractivity contribution in [2.24, 2.45) is 7.05 Å². The number of hydrogen-bond acceptors (Lipinski definition) is 5. The molecule has 234 valence electrons. The molecule has 46 heavy (non-hydrogen) atoms. The largest absolute Gasteiger partial charge is 0.496 e. The number of methoxy groups -OCH3 is 1. The first-order chi connectivity index (χ1) is 22.2. The van der Waals surface area contributed by atoms with Crippen LogP contribution in [0.25, 0.3) is 22.5 Å². The molecule has 11 heteroatoms. The van der Waals surface area contributed by atoms with E-state index in [9.17, 15) is 4.39 Å². The van der Waals surface area contributed by atoms with Crippen LogP contribution in [-0.4, -0.2) is 26.7 Å². The van der Waals surface area contributed by atoms with E-state index in [1.807, 2.05) is 66.5 Å². The molecule has 0 unspecified atom stereocenters. The number of anilines is 4. The smallest absolute Gasteiger partial charge is 0.128 e. The maximum absolute atomic E-state index is 14.3. The van der Waals surface area contributed by atoms with Crippen LogP contribution in [0.1, 0.15) is 19.9 Å². The van der Waals surface area contributed by atoms with E-state index in [4.69, 9.17) is 16.3 Å². The summed E-state index contributed by atoms with van der Waals surface area (Å²) in [4.78, 5) is 0. The molecule has 0 aliphatic rings. The van der Waals surface area contributed by atoms with E-state index in [2.05, 4.69) is 84.1 Å². The number of hydrazine groups is 1. The third-order valence-electron chi connectivity index (χ3n) is 7.52. The van der Waals surface area contributed by atoms with Crippen molar-refractivity contribution in [3.05, 3.63) is 123 Å². The van der Waals surface area contributed by atoms with Crippen LogP contribution in [0.15, 0.2) is 112 Å². The third-order valence-corrected chi connectivity index (χ3v) is 8.94. The molecule has 0 spiro atoms. The van der Waals surface area contributed by atoms with Gasteiger partial charge in [0.2, 0.25) is 0 Å². The SMILES string of the molecule is COc1ccc(N(c2ccc(Cl)cc2)N(c2ccc(F)cc2)c2cccc(-c3c(Br)cnn3C(C)C)c2)cc1-c1c(Br)cnn1C. The molecule has 0 fully saturated rings. The Hall–Kier alpha value is -4.12. The molecule has 0 amide bonds. The highest BCUT2D eigenvalue weighted by Crippen LogP contribution is 2.43. The molecule has 0 radical (unpaired) electrons. The highest BCUT2D eigenvalue weighted by molar-refractivity contribution is 9.11. The van der Waals surface area contributed by atoms with Gasteiger partial charge in [-0.1, -0.05) is 23.7 Å². The van der Waals surface area contributed by atoms with Gasteiger partial charge in [-0.2, -0.15) is 10.2 Å². The zero-order valence-electron chi connectivity index (χ0n) is 25.5. The number of aryl methyl sites for hydroxylation is 1. The summed E-state index contributed by atoms with van der Waals surface area (Å²) in [6.45, 7) is 4.20. The topological polar surface area (TPSA) is 51.4 Å². The quantitative estimate of drug-likeness (QED) is 0.137. The van der Waals surface area contributed by atoms with Crippen molar-refractivity contribution in [2.45, 2.75) is 19.9 Å². The molecule has 4 aromatic carbocycles. The lowest BCUT2D eigenvalue weighted by atomic mass is 10.1. The van der Waals surface area contributed by atoms with Crippen molar-refractivity contribution >= 4 is 66.2 Å². The average molecular weight is 765 g/mol. The predicted molar refractivity (Wildman–Crippen MR) is 191 cm³/mol. The maximum Gasteiger partial charge on any atom is 0.128 e. The molecule has 6 aromatic rings. The van der Waals surface area contributed by atoms with Gasteiger partial charge in [0.05, 0.1) is 62.6 Å². The standard InChI is InChI=1S/C35H30Br2ClFN6O/c1-22(2)43-34(31(36)21-41-43)23-6-5-7-28(18-23)44(27-14-10-25(39)11-15-27)45(26-12-8-24(38)9-13-26)29-16-17-33(46-4)30(19-29)35-32(37)20-40-42(35)3/h5-22H,1-4H3. The van der Waals surface area contributed by atoms with Gasteiger partial charge in [0.15, 0.2) is 0 Å². The summed E-state index contributed by atoms with van der Waals surface area (Å²) in [7, 11) is 3.54. The van der Waals surface area contributed by atoms with Gasteiger partial charge in [-0.15, -0.1) is 0 Å². The third kappa shape index (κ3) is 6.17. The Bertz CT molecular complexity index is 1970. The molecule has 0 aliphatic heterocycles. The summed E-state index contributed by atoms with van der Waals surface area (Å²) >= 11 is 13.8. The monoisotopic (exact) mass is 762 g/mol. The van der Waals surface area contributed by atoms with Crippen LogP contribution < -0.4 is 14.8 Å². The minimum atomic E-state index is -0.326. The Morgan fingerprint density at radius 2 is 1.35 bits per heavy atom. The van der Waals surface area contributed by atoms with E-state index in [1.165, 1.54) is 12.1 Å². The first-order valence-electron chi connectivity index (χ1n) is 14.5. The van der Waals surface area contributed by atoms with Gasteiger partial charge in [-0.05, 0) is 125 Å². The second-order valence-electron chi connectivity index (χ2n) is 10.9. The van der Waals surface area contributed by atoms with Gasteiger partial charge in [0, 0.05) is 29.2 Å². The van der Waals surface area contributed by atoms with Gasteiger partial charge in [0.1, 0.15) is 11.6 Å². The molecule has 0 saturated heterocycles. The van der Waals surface area contributed by atoms with E-state index >= 15 is 0 Å². The lowest BCUT2D eigenvalue weighted by Gasteiger charge is -2.39. The van der Waals surface area contributed by atoms with Gasteiger partial charge in [-0.3, -0.25) is 9.36 Å². The Balaban J connectivity index is 1.62. The Morgan fingerprint density at radius 1 is 0.761 bits per heavy atom. The molecular formula is C35H30Br2ClFN6O. The van der Waals surface area contributed by atoms with Crippen LogP contribution in [0.5, 0.6) is 5.75 Å². The van der Waals surface area contributed by atoms with E-state index in [0.29, 0.717) is 10.8 Å². The van der Waals surface area contributed by atoms with Crippen LogP contribution in [0, 0.1) is 5.82 Å². The summed E-state index contributed by atoms with van der Waals surface area (Å²) in [5, 5.41) is 13.8. The molecule has 0 bridgehead atoms. The van der Waals surface area contributed by atoms with Gasteiger partial charge >= 0.3 is 0 Å². The van der Waals surface area contributed by atoms with Crippen LogP contribution in [0.4, 0.5) is 27.1 Å². The molecule has 0 N–H and O–H groups in total. The Morgan fingerprint density at radius 3 is 1.96 bits per heavy atom. The number of hydrogen-bond donors (Lipinski definition) is 0. The first-order valence-corrected chi connectivity index (χ1v) is 16.4. The summed E-state index contributed by atoms with van der Waals surface area (Å²) < 4.78 is 25.7. The minimum Gasteiger partial charge on any atom is -0.496 e. The summed E-state index contributed by atoms with van der Waals surface area (Å²) in [5.41, 5.74) is 6.84. The van der Waals surface area contributed by atoms with Crippen molar-refractivity contribution in [1.82, 2.24) is 19.6 Å². The fourth-order valence-electron chi connectivity index (χ4n) is 5.44. The second kappa shape index (κ2) is 13.3.